The van der Waals surface area contributed by atoms with E-state index in [1.807, 2.05) is 24.3 Å². The number of nitrogens with one attached hydrogen (secondary N) is 2. The molecule has 2 N–H and O–H groups in total. The fourth-order valence-corrected chi connectivity index (χ4v) is 4.99. The molecule has 0 saturated carbocycles. The molecule has 0 aliphatic carbocycles. The number of aryl methyl sites for hydroxylation is 1. The Labute approximate surface area is 238 Å². The van der Waals surface area contributed by atoms with Crippen molar-refractivity contribution in [3.05, 3.63) is 75.4 Å². The van der Waals surface area contributed by atoms with Gasteiger partial charge in [0.15, 0.2) is 22.2 Å². The number of carbonyl (C=O) groups is 2. The van der Waals surface area contributed by atoms with Gasteiger partial charge in [-0.3, -0.25) is 19.7 Å². The molecule has 0 radical (unpaired) electrons. The van der Waals surface area contributed by atoms with Gasteiger partial charge in [0.05, 0.1) is 22.9 Å². The molecule has 0 aliphatic rings. The zero-order valence-corrected chi connectivity index (χ0v) is 23.6. The van der Waals surface area contributed by atoms with Crippen molar-refractivity contribution in [3.63, 3.8) is 0 Å². The van der Waals surface area contributed by atoms with E-state index in [-0.39, 0.29) is 29.8 Å². The third-order valence-corrected chi connectivity index (χ3v) is 7.57. The molecule has 1 atom stereocenters. The number of non-ortho nitro benzene ring substituents is 1. The second-order valence-electron chi connectivity index (χ2n) is 8.62. The van der Waals surface area contributed by atoms with Gasteiger partial charge in [0.25, 0.3) is 11.6 Å². The first-order valence-corrected chi connectivity index (χ1v) is 14.1. The fourth-order valence-electron chi connectivity index (χ4n) is 3.52. The maximum Gasteiger partial charge on any atom is 0.270 e. The SMILES string of the molecule is CCc1ccc(O[C@@H](C)C(=O)NCc2nnc(SCC(=O)Nc3nc(-c4cccc([N+](=O)[O-])c4)cs3)n2C)cc1. The van der Waals surface area contributed by atoms with Crippen LogP contribution in [0.25, 0.3) is 11.3 Å². The summed E-state index contributed by atoms with van der Waals surface area (Å²) >= 11 is 2.41. The molecule has 0 fully saturated rings. The lowest BCUT2D eigenvalue weighted by molar-refractivity contribution is -0.384. The highest BCUT2D eigenvalue weighted by Gasteiger charge is 2.18. The highest BCUT2D eigenvalue weighted by atomic mass is 32.2. The van der Waals surface area contributed by atoms with Gasteiger partial charge in [0, 0.05) is 30.1 Å². The maximum atomic E-state index is 12.5. The summed E-state index contributed by atoms with van der Waals surface area (Å²) in [5.41, 5.74) is 2.28. The lowest BCUT2D eigenvalue weighted by atomic mass is 10.1. The molecule has 2 aromatic carbocycles. The zero-order chi connectivity index (χ0) is 28.6. The number of thioether (sulfide) groups is 1. The number of aromatic nitrogens is 4. The Morgan fingerprint density at radius 1 is 1.20 bits per heavy atom. The maximum absolute atomic E-state index is 12.5. The number of benzene rings is 2. The summed E-state index contributed by atoms with van der Waals surface area (Å²) in [5.74, 6) is 0.627. The van der Waals surface area contributed by atoms with Crippen LogP contribution in [0.4, 0.5) is 10.8 Å². The first kappa shape index (κ1) is 28.7. The monoisotopic (exact) mass is 581 g/mol. The van der Waals surface area contributed by atoms with E-state index in [1.54, 1.807) is 36.1 Å². The van der Waals surface area contributed by atoms with Crippen molar-refractivity contribution in [2.45, 2.75) is 38.1 Å². The minimum atomic E-state index is -0.693. The van der Waals surface area contributed by atoms with Crippen molar-refractivity contribution in [2.75, 3.05) is 11.1 Å². The van der Waals surface area contributed by atoms with Gasteiger partial charge >= 0.3 is 0 Å². The quantitative estimate of drug-likeness (QED) is 0.142. The summed E-state index contributed by atoms with van der Waals surface area (Å²) in [7, 11) is 1.75. The molecule has 0 spiro atoms. The van der Waals surface area contributed by atoms with Crippen LogP contribution in [-0.2, 0) is 29.6 Å². The first-order chi connectivity index (χ1) is 19.2. The average molecular weight is 582 g/mol. The zero-order valence-electron chi connectivity index (χ0n) is 22.0. The molecule has 40 heavy (non-hydrogen) atoms. The second-order valence-corrected chi connectivity index (χ2v) is 10.4. The van der Waals surface area contributed by atoms with Gasteiger partial charge in [-0.2, -0.15) is 0 Å². The van der Waals surface area contributed by atoms with E-state index in [4.69, 9.17) is 4.74 Å². The van der Waals surface area contributed by atoms with Gasteiger partial charge in [-0.25, -0.2) is 4.98 Å². The fraction of sp³-hybridized carbons (Fsp3) is 0.269. The van der Waals surface area contributed by atoms with Gasteiger partial charge in [0.1, 0.15) is 5.75 Å². The summed E-state index contributed by atoms with van der Waals surface area (Å²) in [6.45, 7) is 3.90. The van der Waals surface area contributed by atoms with Crippen LogP contribution in [0, 0.1) is 10.1 Å². The van der Waals surface area contributed by atoms with Crippen LogP contribution < -0.4 is 15.4 Å². The smallest absolute Gasteiger partial charge is 0.270 e. The summed E-state index contributed by atoms with van der Waals surface area (Å²) in [5, 5.41) is 27.4. The summed E-state index contributed by atoms with van der Waals surface area (Å²) < 4.78 is 7.43. The van der Waals surface area contributed by atoms with Crippen molar-refractivity contribution in [2.24, 2.45) is 7.05 Å². The van der Waals surface area contributed by atoms with Gasteiger partial charge in [-0.15, -0.1) is 21.5 Å². The standard InChI is InChI=1S/C26H27N7O5S2/c1-4-17-8-10-20(11-9-17)38-16(2)24(35)27-13-22-30-31-26(32(22)3)40-15-23(34)29-25-28-21(14-39-25)18-6-5-7-19(12-18)33(36)37/h5-12,14,16H,4,13,15H2,1-3H3,(H,27,35)(H,28,29,34)/t16-/m0/s1. The molecule has 0 saturated heterocycles. The number of nitro groups is 1. The van der Waals surface area contributed by atoms with E-state index in [1.165, 1.54) is 40.8 Å². The highest BCUT2D eigenvalue weighted by molar-refractivity contribution is 7.99. The van der Waals surface area contributed by atoms with Crippen molar-refractivity contribution < 1.29 is 19.2 Å². The number of amides is 2. The number of carbonyl (C=O) groups excluding carboxylic acids is 2. The molecule has 0 bridgehead atoms. The Bertz CT molecular complexity index is 1500. The van der Waals surface area contributed by atoms with Gasteiger partial charge in [-0.1, -0.05) is 43.0 Å². The third kappa shape index (κ3) is 7.42. The lowest BCUT2D eigenvalue weighted by Gasteiger charge is -2.15. The number of rotatable bonds is 12. The Hall–Kier alpha value is -4.30. The van der Waals surface area contributed by atoms with Crippen molar-refractivity contribution in [1.29, 1.82) is 0 Å². The summed E-state index contributed by atoms with van der Waals surface area (Å²) in [6.07, 6.45) is 0.234. The highest BCUT2D eigenvalue weighted by Crippen LogP contribution is 2.27. The summed E-state index contributed by atoms with van der Waals surface area (Å²) in [6, 6.07) is 13.8. The second kappa shape index (κ2) is 13.2. The van der Waals surface area contributed by atoms with E-state index >= 15 is 0 Å². The van der Waals surface area contributed by atoms with Crippen LogP contribution in [0.2, 0.25) is 0 Å². The normalized spacial score (nSPS) is 11.6. The van der Waals surface area contributed by atoms with E-state index in [2.05, 4.69) is 32.7 Å². The minimum Gasteiger partial charge on any atom is -0.481 e. The first-order valence-electron chi connectivity index (χ1n) is 12.3. The number of anilines is 1. The van der Waals surface area contributed by atoms with Crippen molar-refractivity contribution in [3.8, 4) is 17.0 Å². The van der Waals surface area contributed by atoms with Crippen LogP contribution in [0.15, 0.2) is 59.1 Å². The number of nitrogens with zero attached hydrogens (tertiary/aromatic N) is 5. The van der Waals surface area contributed by atoms with E-state index in [9.17, 15) is 19.7 Å². The molecule has 12 nitrogen and oxygen atoms in total. The van der Waals surface area contributed by atoms with Crippen molar-refractivity contribution >= 4 is 45.7 Å². The topological polar surface area (TPSA) is 154 Å². The Kier molecular flexibility index (Phi) is 9.45. The lowest BCUT2D eigenvalue weighted by Crippen LogP contribution is -2.36. The molecule has 208 valence electrons. The molecule has 4 rings (SSSR count). The van der Waals surface area contributed by atoms with E-state index < -0.39 is 11.0 Å². The molecule has 0 aliphatic heterocycles. The van der Waals surface area contributed by atoms with E-state index in [0.717, 1.165) is 6.42 Å². The molecule has 4 aromatic rings. The van der Waals surface area contributed by atoms with Crippen LogP contribution in [0.1, 0.15) is 25.2 Å². The van der Waals surface area contributed by atoms with Crippen LogP contribution in [0.3, 0.4) is 0 Å². The molecule has 0 unspecified atom stereocenters. The Balaban J connectivity index is 1.25. The average Bonchev–Trinajstić information content (AvgIpc) is 3.57. The molecule has 2 aromatic heterocycles. The van der Waals surface area contributed by atoms with Gasteiger partial charge in [-0.05, 0) is 31.0 Å². The predicted molar refractivity (Wildman–Crippen MR) is 152 cm³/mol. The molecule has 2 amide bonds. The number of hydrogen-bond acceptors (Lipinski definition) is 10. The third-order valence-electron chi connectivity index (χ3n) is 5.80. The largest absolute Gasteiger partial charge is 0.481 e. The van der Waals surface area contributed by atoms with Crippen LogP contribution >= 0.6 is 23.1 Å². The molecule has 2 heterocycles. The number of thiazole rings is 1. The molecular formula is C26H27N7O5S2. The minimum absolute atomic E-state index is 0.0319. The number of nitro benzene ring substituents is 1. The number of ether oxygens (including phenoxy) is 1. The van der Waals surface area contributed by atoms with Crippen LogP contribution in [0.5, 0.6) is 5.75 Å². The van der Waals surface area contributed by atoms with Gasteiger partial charge < -0.3 is 19.9 Å². The Morgan fingerprint density at radius 3 is 2.70 bits per heavy atom. The van der Waals surface area contributed by atoms with Gasteiger partial charge in [0.2, 0.25) is 5.91 Å². The molecule has 14 heteroatoms. The van der Waals surface area contributed by atoms with Crippen LogP contribution in [-0.4, -0.2) is 48.3 Å². The Morgan fingerprint density at radius 2 is 1.98 bits per heavy atom. The predicted octanol–water partition coefficient (Wildman–Crippen LogP) is 4.22. The molecular weight excluding hydrogens is 554 g/mol. The van der Waals surface area contributed by atoms with E-state index in [0.29, 0.717) is 33.1 Å². The number of hydrogen-bond donors (Lipinski definition) is 2. The van der Waals surface area contributed by atoms with Crippen molar-refractivity contribution in [1.82, 2.24) is 25.1 Å². The summed E-state index contributed by atoms with van der Waals surface area (Å²) in [4.78, 5) is 39.9.